The third-order valence-corrected chi connectivity index (χ3v) is 4.15. The van der Waals surface area contributed by atoms with Crippen LogP contribution in [-0.2, 0) is 6.18 Å². The lowest BCUT2D eigenvalue weighted by atomic mass is 10.1. The Bertz CT molecular complexity index is 900. The van der Waals surface area contributed by atoms with E-state index < -0.39 is 11.7 Å². The lowest BCUT2D eigenvalue weighted by molar-refractivity contribution is -0.137. The van der Waals surface area contributed by atoms with Gasteiger partial charge in [-0.15, -0.1) is 0 Å². The molecular weight excluding hydrogens is 434 g/mol. The number of anilines is 1. The van der Waals surface area contributed by atoms with Crippen LogP contribution in [0.2, 0.25) is 5.02 Å². The Balaban J connectivity index is 2.01. The number of hydrazone groups is 1. The molecule has 0 saturated carbocycles. The first-order valence-electron chi connectivity index (χ1n) is 7.67. The van der Waals surface area contributed by atoms with E-state index in [1.165, 1.54) is 31.5 Å². The number of hydrogen-bond donors (Lipinski definition) is 2. The predicted octanol–water partition coefficient (Wildman–Crippen LogP) is 5.92. The van der Waals surface area contributed by atoms with Gasteiger partial charge in [0.25, 0.3) is 0 Å². The summed E-state index contributed by atoms with van der Waals surface area (Å²) in [7, 11) is 1.28. The van der Waals surface area contributed by atoms with E-state index in [4.69, 9.17) is 40.2 Å². The molecule has 0 heterocycles. The van der Waals surface area contributed by atoms with Crippen molar-refractivity contribution in [1.82, 2.24) is 5.43 Å². The fourth-order valence-corrected chi connectivity index (χ4v) is 2.52. The summed E-state index contributed by atoms with van der Waals surface area (Å²) < 4.78 is 44.4. The molecule has 28 heavy (non-hydrogen) atoms. The zero-order valence-corrected chi connectivity index (χ0v) is 16.7. The molecule has 10 heteroatoms. The van der Waals surface area contributed by atoms with Gasteiger partial charge >= 0.3 is 6.18 Å². The van der Waals surface area contributed by atoms with Crippen LogP contribution in [0, 0.1) is 0 Å². The third kappa shape index (κ3) is 6.40. The minimum absolute atomic E-state index is 0.0803. The highest BCUT2D eigenvalue weighted by molar-refractivity contribution is 7.80. The van der Waals surface area contributed by atoms with E-state index in [0.717, 1.165) is 11.6 Å². The molecule has 0 amide bonds. The molecule has 0 aliphatic rings. The average molecular weight is 448 g/mol. The number of hydrogen-bond acceptors (Lipinski definition) is 3. The summed E-state index contributed by atoms with van der Waals surface area (Å²) in [4.78, 5) is 0. The smallest absolute Gasteiger partial charge is 0.418 e. The number of nitrogens with one attached hydrogen (secondary N) is 2. The van der Waals surface area contributed by atoms with Crippen LogP contribution >= 0.6 is 35.4 Å². The van der Waals surface area contributed by atoms with Crippen molar-refractivity contribution in [3.05, 3.63) is 64.7 Å². The molecule has 0 unspecified atom stereocenters. The van der Waals surface area contributed by atoms with Crippen LogP contribution in [0.25, 0.3) is 5.03 Å². The van der Waals surface area contributed by atoms with E-state index in [-0.39, 0.29) is 16.5 Å². The molecule has 0 atom stereocenters. The molecule has 0 bridgehead atoms. The van der Waals surface area contributed by atoms with E-state index >= 15 is 0 Å². The van der Waals surface area contributed by atoms with Crippen LogP contribution in [0.1, 0.15) is 11.1 Å². The number of ether oxygens (including phenoxy) is 1. The van der Waals surface area contributed by atoms with Crippen LogP contribution in [0.5, 0.6) is 5.75 Å². The van der Waals surface area contributed by atoms with Gasteiger partial charge in [-0.1, -0.05) is 35.3 Å². The molecule has 0 aliphatic carbocycles. The van der Waals surface area contributed by atoms with Crippen molar-refractivity contribution in [3.8, 4) is 5.75 Å². The van der Waals surface area contributed by atoms with Crippen LogP contribution in [0.15, 0.2) is 53.6 Å². The van der Waals surface area contributed by atoms with Crippen molar-refractivity contribution in [3.63, 3.8) is 0 Å². The predicted molar refractivity (Wildman–Crippen MR) is 111 cm³/mol. The molecule has 148 valence electrons. The summed E-state index contributed by atoms with van der Waals surface area (Å²) in [5, 5.41) is 7.12. The number of benzene rings is 2. The molecule has 2 N–H and O–H groups in total. The molecule has 0 aliphatic heterocycles. The Morgan fingerprint density at radius 3 is 2.46 bits per heavy atom. The SMILES string of the molecule is COc1ccc(NC(=S)NN=CC=C(Cl)c2ccc(Cl)cc2)c(C(F)(F)F)c1. The van der Waals surface area contributed by atoms with Crippen LogP contribution in [-0.4, -0.2) is 18.4 Å². The standard InChI is InChI=1S/C18H14Cl2F3N3OS/c1-27-13-6-7-16(14(10-13)18(21,22)23)25-17(28)26-24-9-8-15(20)11-2-4-12(19)5-3-11/h2-10H,1H3,(H2,25,26,28). The van der Waals surface area contributed by atoms with Crippen LogP contribution in [0.3, 0.4) is 0 Å². The Hall–Kier alpha value is -2.29. The van der Waals surface area contributed by atoms with E-state index in [1.54, 1.807) is 24.3 Å². The number of nitrogens with zero attached hydrogens (tertiary/aromatic N) is 1. The average Bonchev–Trinajstić information content (AvgIpc) is 2.65. The van der Waals surface area contributed by atoms with Crippen molar-refractivity contribution in [2.24, 2.45) is 5.10 Å². The monoisotopic (exact) mass is 447 g/mol. The summed E-state index contributed by atoms with van der Waals surface area (Å²) in [6, 6.07) is 10.3. The Labute approximate surface area is 175 Å². The third-order valence-electron chi connectivity index (χ3n) is 3.36. The topological polar surface area (TPSA) is 45.6 Å². The zero-order chi connectivity index (χ0) is 20.7. The van der Waals surface area contributed by atoms with Gasteiger partial charge in [0.05, 0.1) is 18.4 Å². The van der Waals surface area contributed by atoms with Crippen molar-refractivity contribution >= 4 is 57.5 Å². The molecule has 4 nitrogen and oxygen atoms in total. The number of alkyl halides is 3. The number of rotatable bonds is 5. The van der Waals surface area contributed by atoms with Crippen LogP contribution < -0.4 is 15.5 Å². The van der Waals surface area contributed by atoms with Gasteiger partial charge in [-0.05, 0) is 54.2 Å². The molecule has 0 aromatic heterocycles. The van der Waals surface area contributed by atoms with Gasteiger partial charge in [-0.25, -0.2) is 0 Å². The fraction of sp³-hybridized carbons (Fsp3) is 0.111. The van der Waals surface area contributed by atoms with E-state index in [0.29, 0.717) is 10.1 Å². The number of halogens is 5. The highest BCUT2D eigenvalue weighted by Gasteiger charge is 2.34. The largest absolute Gasteiger partial charge is 0.497 e. The summed E-state index contributed by atoms with van der Waals surface area (Å²) in [6.07, 6.45) is -1.76. The maximum Gasteiger partial charge on any atom is 0.418 e. The second-order valence-corrected chi connectivity index (χ2v) is 6.53. The molecule has 0 fully saturated rings. The maximum atomic E-state index is 13.2. The minimum atomic E-state index is -4.58. The molecule has 2 aromatic carbocycles. The van der Waals surface area contributed by atoms with E-state index in [9.17, 15) is 13.2 Å². The van der Waals surface area contributed by atoms with Crippen LogP contribution in [0.4, 0.5) is 18.9 Å². The first-order valence-corrected chi connectivity index (χ1v) is 8.84. The molecule has 0 radical (unpaired) electrons. The van der Waals surface area contributed by atoms with Gasteiger partial charge in [0.2, 0.25) is 0 Å². The zero-order valence-electron chi connectivity index (χ0n) is 14.3. The van der Waals surface area contributed by atoms with Gasteiger partial charge in [0.1, 0.15) is 5.75 Å². The van der Waals surface area contributed by atoms with Gasteiger partial charge in [-0.2, -0.15) is 18.3 Å². The minimum Gasteiger partial charge on any atom is -0.497 e. The lowest BCUT2D eigenvalue weighted by Crippen LogP contribution is -2.25. The Morgan fingerprint density at radius 2 is 1.86 bits per heavy atom. The molecular formula is C18H14Cl2F3N3OS. The van der Waals surface area contributed by atoms with Gasteiger partial charge in [0.15, 0.2) is 5.11 Å². The molecule has 0 saturated heterocycles. The number of allylic oxidation sites excluding steroid dienone is 1. The summed E-state index contributed by atoms with van der Waals surface area (Å²) in [6.45, 7) is 0. The quantitative estimate of drug-likeness (QED) is 0.339. The normalized spacial score (nSPS) is 12.1. The van der Waals surface area contributed by atoms with E-state index in [1.807, 2.05) is 0 Å². The highest BCUT2D eigenvalue weighted by Crippen LogP contribution is 2.37. The number of methoxy groups -OCH3 is 1. The number of thiocarbonyl (C=S) groups is 1. The molecule has 2 rings (SSSR count). The van der Waals surface area contributed by atoms with Gasteiger partial charge in [-0.3, -0.25) is 5.43 Å². The second-order valence-electron chi connectivity index (χ2n) is 5.27. The Kier molecular flexibility index (Phi) is 7.68. The van der Waals surface area contributed by atoms with E-state index in [2.05, 4.69) is 15.8 Å². The van der Waals surface area contributed by atoms with Gasteiger partial charge in [0, 0.05) is 16.3 Å². The summed E-state index contributed by atoms with van der Waals surface area (Å²) in [5.41, 5.74) is 2.01. The fourth-order valence-electron chi connectivity index (χ4n) is 2.05. The first-order chi connectivity index (χ1) is 13.2. The first kappa shape index (κ1) is 22.0. The summed E-state index contributed by atoms with van der Waals surface area (Å²) in [5.74, 6) is 0.0803. The second kappa shape index (κ2) is 9.77. The lowest BCUT2D eigenvalue weighted by Gasteiger charge is -2.15. The van der Waals surface area contributed by atoms with Crippen molar-refractivity contribution in [1.29, 1.82) is 0 Å². The molecule has 2 aromatic rings. The highest BCUT2D eigenvalue weighted by atomic mass is 35.5. The van der Waals surface area contributed by atoms with Crippen molar-refractivity contribution < 1.29 is 17.9 Å². The van der Waals surface area contributed by atoms with Gasteiger partial charge < -0.3 is 10.1 Å². The molecule has 0 spiro atoms. The summed E-state index contributed by atoms with van der Waals surface area (Å²) >= 11 is 16.9. The Morgan fingerprint density at radius 1 is 1.18 bits per heavy atom. The van der Waals surface area contributed by atoms with Crippen molar-refractivity contribution in [2.45, 2.75) is 6.18 Å². The maximum absolute atomic E-state index is 13.2. The van der Waals surface area contributed by atoms with Crippen molar-refractivity contribution in [2.75, 3.05) is 12.4 Å².